The molecule has 3 aromatic rings. The predicted octanol–water partition coefficient (Wildman–Crippen LogP) is 4.91. The van der Waals surface area contributed by atoms with Gasteiger partial charge in [0.1, 0.15) is 6.10 Å². The SMILES string of the molecule is Cc1ccc(-c2nc(SC[C@@H]3CC(C)(O)CC(=O)O3)[nH]c2-c2ccc(C)cc2)cc1. The molecule has 30 heavy (non-hydrogen) atoms. The zero-order valence-corrected chi connectivity index (χ0v) is 18.3. The summed E-state index contributed by atoms with van der Waals surface area (Å²) in [5, 5.41) is 11.0. The minimum Gasteiger partial charge on any atom is -0.461 e. The first kappa shape index (κ1) is 20.7. The molecule has 1 unspecified atom stereocenters. The van der Waals surface area contributed by atoms with Gasteiger partial charge in [-0.05, 0) is 20.8 Å². The molecule has 1 fully saturated rings. The summed E-state index contributed by atoms with van der Waals surface area (Å²) in [4.78, 5) is 20.1. The van der Waals surface area contributed by atoms with E-state index in [1.165, 1.54) is 22.9 Å². The highest BCUT2D eigenvalue weighted by Gasteiger charge is 2.36. The van der Waals surface area contributed by atoms with Crippen LogP contribution in [0.3, 0.4) is 0 Å². The molecule has 2 N–H and O–H groups in total. The quantitative estimate of drug-likeness (QED) is 0.451. The number of cyclic esters (lactones) is 1. The Kier molecular flexibility index (Phi) is 5.71. The Hall–Kier alpha value is -2.57. The number of aryl methyl sites for hydroxylation is 2. The van der Waals surface area contributed by atoms with Gasteiger partial charge >= 0.3 is 5.97 Å². The zero-order chi connectivity index (χ0) is 21.3. The number of nitrogens with zero attached hydrogens (tertiary/aromatic N) is 1. The lowest BCUT2D eigenvalue weighted by molar-refractivity contribution is -0.165. The Balaban J connectivity index is 1.61. The van der Waals surface area contributed by atoms with Crippen molar-refractivity contribution < 1.29 is 14.6 Å². The average molecular weight is 423 g/mol. The molecule has 5 nitrogen and oxygen atoms in total. The Morgan fingerprint density at radius 1 is 1.10 bits per heavy atom. The van der Waals surface area contributed by atoms with Crippen LogP contribution in [0.2, 0.25) is 0 Å². The van der Waals surface area contributed by atoms with E-state index in [1.807, 2.05) is 0 Å². The summed E-state index contributed by atoms with van der Waals surface area (Å²) in [6.45, 7) is 5.82. The number of H-pyrrole nitrogens is 1. The number of aromatic amines is 1. The molecule has 2 atom stereocenters. The zero-order valence-electron chi connectivity index (χ0n) is 17.4. The van der Waals surface area contributed by atoms with Crippen molar-refractivity contribution in [1.82, 2.24) is 9.97 Å². The summed E-state index contributed by atoms with van der Waals surface area (Å²) in [6, 6.07) is 16.7. The van der Waals surface area contributed by atoms with Crippen LogP contribution in [-0.4, -0.2) is 38.5 Å². The van der Waals surface area contributed by atoms with Crippen LogP contribution in [0, 0.1) is 13.8 Å². The number of esters is 1. The molecule has 2 heterocycles. The van der Waals surface area contributed by atoms with E-state index in [0.29, 0.717) is 12.2 Å². The fourth-order valence-corrected chi connectivity index (χ4v) is 4.54. The van der Waals surface area contributed by atoms with E-state index in [0.717, 1.165) is 27.7 Å². The van der Waals surface area contributed by atoms with Crippen molar-refractivity contribution in [2.24, 2.45) is 0 Å². The average Bonchev–Trinajstić information content (AvgIpc) is 3.10. The van der Waals surface area contributed by atoms with E-state index < -0.39 is 5.60 Å². The van der Waals surface area contributed by atoms with E-state index >= 15 is 0 Å². The number of aliphatic hydroxyl groups is 1. The third-order valence-electron chi connectivity index (χ3n) is 5.24. The third-order valence-corrected chi connectivity index (χ3v) is 6.25. The first-order valence-corrected chi connectivity index (χ1v) is 11.1. The van der Waals surface area contributed by atoms with Gasteiger partial charge in [0.25, 0.3) is 0 Å². The van der Waals surface area contributed by atoms with Gasteiger partial charge in [-0.1, -0.05) is 71.4 Å². The molecule has 4 rings (SSSR count). The maximum atomic E-state index is 11.8. The molecule has 2 aromatic carbocycles. The molecule has 156 valence electrons. The number of carbonyl (C=O) groups excluding carboxylic acids is 1. The number of carbonyl (C=O) groups is 1. The van der Waals surface area contributed by atoms with Crippen LogP contribution in [0.1, 0.15) is 30.9 Å². The van der Waals surface area contributed by atoms with Gasteiger partial charge in [-0.25, -0.2) is 4.98 Å². The summed E-state index contributed by atoms with van der Waals surface area (Å²) in [6.07, 6.45) is 0.147. The highest BCUT2D eigenvalue weighted by molar-refractivity contribution is 7.99. The van der Waals surface area contributed by atoms with Gasteiger partial charge in [-0.3, -0.25) is 4.79 Å². The fourth-order valence-electron chi connectivity index (χ4n) is 3.68. The van der Waals surface area contributed by atoms with Gasteiger partial charge in [0.05, 0.1) is 23.4 Å². The summed E-state index contributed by atoms with van der Waals surface area (Å²) in [7, 11) is 0. The highest BCUT2D eigenvalue weighted by Crippen LogP contribution is 2.34. The molecular formula is C24H26N2O3S. The van der Waals surface area contributed by atoms with E-state index in [4.69, 9.17) is 9.72 Å². The number of aromatic nitrogens is 2. The minimum absolute atomic E-state index is 0.0457. The maximum absolute atomic E-state index is 11.8. The van der Waals surface area contributed by atoms with Crippen LogP contribution in [0.4, 0.5) is 0 Å². The predicted molar refractivity (Wildman–Crippen MR) is 119 cm³/mol. The second-order valence-corrected chi connectivity index (χ2v) is 9.31. The van der Waals surface area contributed by atoms with Crippen LogP contribution < -0.4 is 0 Å². The van der Waals surface area contributed by atoms with E-state index in [9.17, 15) is 9.90 Å². The third kappa shape index (κ3) is 4.77. The highest BCUT2D eigenvalue weighted by atomic mass is 32.2. The summed E-state index contributed by atoms with van der Waals surface area (Å²) in [5.74, 6) is 0.188. The Morgan fingerprint density at radius 3 is 2.30 bits per heavy atom. The van der Waals surface area contributed by atoms with Crippen molar-refractivity contribution in [3.63, 3.8) is 0 Å². The first-order chi connectivity index (χ1) is 14.3. The van der Waals surface area contributed by atoms with E-state index in [2.05, 4.69) is 67.4 Å². The molecule has 0 amide bonds. The van der Waals surface area contributed by atoms with Gasteiger partial charge in [-0.2, -0.15) is 0 Å². The van der Waals surface area contributed by atoms with Gasteiger partial charge < -0.3 is 14.8 Å². The van der Waals surface area contributed by atoms with Crippen molar-refractivity contribution in [2.45, 2.75) is 50.5 Å². The van der Waals surface area contributed by atoms with Crippen LogP contribution in [0.5, 0.6) is 0 Å². The number of hydrogen-bond acceptors (Lipinski definition) is 5. The molecule has 1 saturated heterocycles. The van der Waals surface area contributed by atoms with Crippen LogP contribution >= 0.6 is 11.8 Å². The van der Waals surface area contributed by atoms with Crippen molar-refractivity contribution in [1.29, 1.82) is 0 Å². The number of hydrogen-bond donors (Lipinski definition) is 2. The number of nitrogens with one attached hydrogen (secondary N) is 1. The molecule has 0 radical (unpaired) electrons. The Bertz CT molecular complexity index is 976. The minimum atomic E-state index is -1.01. The second-order valence-electron chi connectivity index (χ2n) is 8.30. The summed E-state index contributed by atoms with van der Waals surface area (Å²) >= 11 is 1.51. The number of imidazole rings is 1. The van der Waals surface area contributed by atoms with Crippen molar-refractivity contribution in [3.05, 3.63) is 59.7 Å². The first-order valence-electron chi connectivity index (χ1n) is 10.1. The maximum Gasteiger partial charge on any atom is 0.309 e. The summed E-state index contributed by atoms with van der Waals surface area (Å²) < 4.78 is 5.41. The molecule has 1 aromatic heterocycles. The standard InChI is InChI=1S/C24H26N2O3S/c1-15-4-8-17(9-5-15)21-22(18-10-6-16(2)7-11-18)26-23(25-21)30-14-19-12-24(3,28)13-20(27)29-19/h4-11,19,28H,12-14H2,1-3H3,(H,25,26)/t19-,24?/m0/s1. The van der Waals surface area contributed by atoms with Crippen LogP contribution in [0.15, 0.2) is 53.7 Å². The number of thioether (sulfide) groups is 1. The largest absolute Gasteiger partial charge is 0.461 e. The lowest BCUT2D eigenvalue weighted by atomic mass is 9.93. The van der Waals surface area contributed by atoms with Crippen molar-refractivity contribution >= 4 is 17.7 Å². The van der Waals surface area contributed by atoms with Crippen LogP contribution in [0.25, 0.3) is 22.5 Å². The molecule has 0 bridgehead atoms. The smallest absolute Gasteiger partial charge is 0.309 e. The molecule has 0 spiro atoms. The second kappa shape index (κ2) is 8.28. The molecule has 6 heteroatoms. The number of ether oxygens (including phenoxy) is 1. The van der Waals surface area contributed by atoms with Crippen molar-refractivity contribution in [3.8, 4) is 22.5 Å². The lowest BCUT2D eigenvalue weighted by Gasteiger charge is -2.32. The Labute approximate surface area is 180 Å². The molecule has 1 aliphatic heterocycles. The summed E-state index contributed by atoms with van der Waals surface area (Å²) in [5.41, 5.74) is 5.38. The van der Waals surface area contributed by atoms with Crippen molar-refractivity contribution in [2.75, 3.05) is 5.75 Å². The normalized spacial score (nSPS) is 21.5. The molecule has 0 aliphatic carbocycles. The van der Waals surface area contributed by atoms with Gasteiger partial charge in [-0.15, -0.1) is 0 Å². The van der Waals surface area contributed by atoms with E-state index in [-0.39, 0.29) is 18.5 Å². The Morgan fingerprint density at radius 2 is 1.70 bits per heavy atom. The number of benzene rings is 2. The molecular weight excluding hydrogens is 396 g/mol. The molecule has 1 aliphatic rings. The topological polar surface area (TPSA) is 75.2 Å². The molecule has 0 saturated carbocycles. The fraction of sp³-hybridized carbons (Fsp3) is 0.333. The number of rotatable bonds is 5. The monoisotopic (exact) mass is 422 g/mol. The van der Waals surface area contributed by atoms with Gasteiger partial charge in [0.15, 0.2) is 5.16 Å². The lowest BCUT2D eigenvalue weighted by Crippen LogP contribution is -2.41. The van der Waals surface area contributed by atoms with Gasteiger partial charge in [0, 0.05) is 23.3 Å². The van der Waals surface area contributed by atoms with Crippen LogP contribution in [-0.2, 0) is 9.53 Å². The van der Waals surface area contributed by atoms with Gasteiger partial charge in [0.2, 0.25) is 0 Å². The van der Waals surface area contributed by atoms with E-state index in [1.54, 1.807) is 6.92 Å².